The minimum Gasteiger partial charge on any atom is -0.476 e. The Balaban J connectivity index is 2.82. The number of hydrogen-bond acceptors (Lipinski definition) is 3. The lowest BCUT2D eigenvalue weighted by atomic mass is 10.2. The summed E-state index contributed by atoms with van der Waals surface area (Å²) >= 11 is 0. The SMILES string of the molecule is Cc1cc2c(C(=O)O)nccc2o1. The molecule has 1 N–H and O–H groups in total. The van der Waals surface area contributed by atoms with Crippen LogP contribution in [0.25, 0.3) is 11.0 Å². The predicted molar refractivity (Wildman–Crippen MR) is 45.7 cm³/mol. The summed E-state index contributed by atoms with van der Waals surface area (Å²) < 4.78 is 5.26. The molecule has 2 rings (SSSR count). The van der Waals surface area contributed by atoms with Gasteiger partial charge in [0.1, 0.15) is 11.3 Å². The Kier molecular flexibility index (Phi) is 1.55. The van der Waals surface area contributed by atoms with Crippen LogP contribution in [0.4, 0.5) is 0 Å². The van der Waals surface area contributed by atoms with Gasteiger partial charge in [-0.3, -0.25) is 0 Å². The van der Waals surface area contributed by atoms with Crippen LogP contribution in [0.3, 0.4) is 0 Å². The molecular weight excluding hydrogens is 170 g/mol. The molecule has 0 aliphatic heterocycles. The van der Waals surface area contributed by atoms with Crippen molar-refractivity contribution in [3.05, 3.63) is 29.8 Å². The number of carboxylic acids is 1. The van der Waals surface area contributed by atoms with E-state index in [-0.39, 0.29) is 5.69 Å². The largest absolute Gasteiger partial charge is 0.476 e. The molecular formula is C9H7NO3. The fourth-order valence-corrected chi connectivity index (χ4v) is 1.26. The molecule has 4 heteroatoms. The van der Waals surface area contributed by atoms with Gasteiger partial charge in [-0.2, -0.15) is 0 Å². The molecule has 2 heterocycles. The first-order chi connectivity index (χ1) is 6.18. The lowest BCUT2D eigenvalue weighted by Gasteiger charge is -1.92. The molecule has 66 valence electrons. The summed E-state index contributed by atoms with van der Waals surface area (Å²) in [7, 11) is 0. The maximum atomic E-state index is 10.7. The van der Waals surface area contributed by atoms with Gasteiger partial charge in [-0.05, 0) is 19.1 Å². The lowest BCUT2D eigenvalue weighted by molar-refractivity contribution is 0.0693. The number of carboxylic acid groups (broad SMARTS) is 1. The van der Waals surface area contributed by atoms with Gasteiger partial charge in [0.2, 0.25) is 0 Å². The van der Waals surface area contributed by atoms with Crippen LogP contribution in [0, 0.1) is 6.92 Å². The van der Waals surface area contributed by atoms with Crippen molar-refractivity contribution in [2.45, 2.75) is 6.92 Å². The Bertz CT molecular complexity index is 473. The van der Waals surface area contributed by atoms with Crippen LogP contribution in [0.2, 0.25) is 0 Å². The van der Waals surface area contributed by atoms with Crippen LogP contribution >= 0.6 is 0 Å². The zero-order valence-corrected chi connectivity index (χ0v) is 6.94. The highest BCUT2D eigenvalue weighted by atomic mass is 16.4. The molecule has 2 aromatic rings. The second kappa shape index (κ2) is 2.58. The summed E-state index contributed by atoms with van der Waals surface area (Å²) in [6, 6.07) is 3.32. The molecule has 0 bridgehead atoms. The van der Waals surface area contributed by atoms with Crippen LogP contribution in [-0.2, 0) is 0 Å². The van der Waals surface area contributed by atoms with Gasteiger partial charge in [-0.25, -0.2) is 9.78 Å². The molecule has 0 fully saturated rings. The van der Waals surface area contributed by atoms with Crippen LogP contribution in [0.5, 0.6) is 0 Å². The van der Waals surface area contributed by atoms with E-state index < -0.39 is 5.97 Å². The Hall–Kier alpha value is -1.84. The summed E-state index contributed by atoms with van der Waals surface area (Å²) in [6.45, 7) is 1.77. The van der Waals surface area contributed by atoms with E-state index in [0.717, 1.165) is 0 Å². The molecule has 0 unspecified atom stereocenters. The highest BCUT2D eigenvalue weighted by molar-refractivity contribution is 6.00. The second-order valence-corrected chi connectivity index (χ2v) is 2.73. The number of pyridine rings is 1. The van der Waals surface area contributed by atoms with E-state index in [2.05, 4.69) is 4.98 Å². The molecule has 0 aromatic carbocycles. The van der Waals surface area contributed by atoms with Crippen molar-refractivity contribution in [3.63, 3.8) is 0 Å². The standard InChI is InChI=1S/C9H7NO3/c1-5-4-6-7(13-5)2-3-10-8(6)9(11)12/h2-4H,1H3,(H,11,12). The van der Waals surface area contributed by atoms with E-state index in [1.807, 2.05) is 0 Å². The van der Waals surface area contributed by atoms with Crippen molar-refractivity contribution in [1.29, 1.82) is 0 Å². The van der Waals surface area contributed by atoms with Gasteiger partial charge in [-0.15, -0.1) is 0 Å². The van der Waals surface area contributed by atoms with Gasteiger partial charge >= 0.3 is 5.97 Å². The van der Waals surface area contributed by atoms with Gasteiger partial charge in [0.05, 0.1) is 5.39 Å². The second-order valence-electron chi connectivity index (χ2n) is 2.73. The Morgan fingerprint density at radius 2 is 2.38 bits per heavy atom. The first-order valence-electron chi connectivity index (χ1n) is 3.77. The third-order valence-corrected chi connectivity index (χ3v) is 1.77. The summed E-state index contributed by atoms with van der Waals surface area (Å²) in [5.41, 5.74) is 0.597. The molecule has 0 saturated carbocycles. The topological polar surface area (TPSA) is 63.3 Å². The summed E-state index contributed by atoms with van der Waals surface area (Å²) in [4.78, 5) is 14.5. The van der Waals surface area contributed by atoms with Crippen molar-refractivity contribution in [2.75, 3.05) is 0 Å². The number of aryl methyl sites for hydroxylation is 1. The molecule has 13 heavy (non-hydrogen) atoms. The van der Waals surface area contributed by atoms with Crippen LogP contribution < -0.4 is 0 Å². The van der Waals surface area contributed by atoms with Gasteiger partial charge < -0.3 is 9.52 Å². The number of nitrogens with zero attached hydrogens (tertiary/aromatic N) is 1. The summed E-state index contributed by atoms with van der Waals surface area (Å²) in [5.74, 6) is -0.350. The summed E-state index contributed by atoms with van der Waals surface area (Å²) in [6.07, 6.45) is 1.43. The maximum Gasteiger partial charge on any atom is 0.355 e. The van der Waals surface area contributed by atoms with Crippen LogP contribution in [0.15, 0.2) is 22.7 Å². The molecule has 0 amide bonds. The first kappa shape index (κ1) is 7.79. The van der Waals surface area contributed by atoms with E-state index in [9.17, 15) is 4.79 Å². The molecule has 2 aromatic heterocycles. The number of fused-ring (bicyclic) bond motifs is 1. The van der Waals surface area contributed by atoms with Crippen molar-refractivity contribution < 1.29 is 14.3 Å². The van der Waals surface area contributed by atoms with Crippen molar-refractivity contribution in [1.82, 2.24) is 4.98 Å². The number of furan rings is 1. The highest BCUT2D eigenvalue weighted by Crippen LogP contribution is 2.20. The summed E-state index contributed by atoms with van der Waals surface area (Å²) in [5, 5.41) is 9.34. The molecule has 0 aliphatic carbocycles. The van der Waals surface area contributed by atoms with E-state index in [4.69, 9.17) is 9.52 Å². The average Bonchev–Trinajstić information content (AvgIpc) is 2.43. The molecule has 0 atom stereocenters. The zero-order valence-electron chi connectivity index (χ0n) is 6.94. The number of aromatic carboxylic acids is 1. The number of rotatable bonds is 1. The minimum atomic E-state index is -1.04. The van der Waals surface area contributed by atoms with Gasteiger partial charge in [0.25, 0.3) is 0 Å². The average molecular weight is 177 g/mol. The minimum absolute atomic E-state index is 0.0364. The lowest BCUT2D eigenvalue weighted by Crippen LogP contribution is -1.99. The molecule has 0 spiro atoms. The molecule has 0 saturated heterocycles. The van der Waals surface area contributed by atoms with Crippen LogP contribution in [0.1, 0.15) is 16.2 Å². The molecule has 4 nitrogen and oxygen atoms in total. The zero-order chi connectivity index (χ0) is 9.42. The normalized spacial score (nSPS) is 10.5. The molecule has 0 aliphatic rings. The predicted octanol–water partition coefficient (Wildman–Crippen LogP) is 1.83. The quantitative estimate of drug-likeness (QED) is 0.721. The molecule has 0 radical (unpaired) electrons. The van der Waals surface area contributed by atoms with E-state index in [0.29, 0.717) is 16.7 Å². The van der Waals surface area contributed by atoms with E-state index >= 15 is 0 Å². The van der Waals surface area contributed by atoms with Crippen LogP contribution in [-0.4, -0.2) is 16.1 Å². The van der Waals surface area contributed by atoms with Crippen molar-refractivity contribution >= 4 is 16.9 Å². The fraction of sp³-hybridized carbons (Fsp3) is 0.111. The maximum absolute atomic E-state index is 10.7. The third kappa shape index (κ3) is 1.16. The first-order valence-corrected chi connectivity index (χ1v) is 3.77. The Labute approximate surface area is 73.8 Å². The van der Waals surface area contributed by atoms with Gasteiger partial charge in [0, 0.05) is 6.20 Å². The van der Waals surface area contributed by atoms with Crippen molar-refractivity contribution in [2.24, 2.45) is 0 Å². The van der Waals surface area contributed by atoms with Crippen molar-refractivity contribution in [3.8, 4) is 0 Å². The van der Waals surface area contributed by atoms with E-state index in [1.165, 1.54) is 6.20 Å². The number of hydrogen-bond donors (Lipinski definition) is 1. The van der Waals surface area contributed by atoms with Gasteiger partial charge in [0.15, 0.2) is 5.69 Å². The third-order valence-electron chi connectivity index (χ3n) is 1.77. The fourth-order valence-electron chi connectivity index (χ4n) is 1.26. The highest BCUT2D eigenvalue weighted by Gasteiger charge is 2.12. The number of carbonyl (C=O) groups is 1. The Morgan fingerprint density at radius 3 is 3.08 bits per heavy atom. The smallest absolute Gasteiger partial charge is 0.355 e. The van der Waals surface area contributed by atoms with E-state index in [1.54, 1.807) is 19.1 Å². The Morgan fingerprint density at radius 1 is 1.62 bits per heavy atom. The number of aromatic nitrogens is 1. The monoisotopic (exact) mass is 177 g/mol. The van der Waals surface area contributed by atoms with Gasteiger partial charge in [-0.1, -0.05) is 0 Å².